The van der Waals surface area contributed by atoms with Gasteiger partial charge in [-0.15, -0.1) is 0 Å². The van der Waals surface area contributed by atoms with Crippen LogP contribution in [0.4, 0.5) is 0 Å². The van der Waals surface area contributed by atoms with Crippen molar-refractivity contribution in [1.82, 2.24) is 0 Å². The summed E-state index contributed by atoms with van der Waals surface area (Å²) in [5.41, 5.74) is 0. The largest absolute Gasteiger partial charge is 0.407 e. The number of hydrogen-bond donors (Lipinski definition) is 0. The molecular formula is C26H39NO2SSi. The molecule has 0 radical (unpaired) electrons. The lowest BCUT2D eigenvalue weighted by molar-refractivity contribution is 0.287. The smallest absolute Gasteiger partial charge is 0.261 e. The maximum atomic E-state index is 12.0. The molecule has 3 nitrogen and oxygen atoms in total. The van der Waals surface area contributed by atoms with Gasteiger partial charge in [0.15, 0.2) is 0 Å². The molecular weight excluding hydrogens is 418 g/mol. The summed E-state index contributed by atoms with van der Waals surface area (Å²) in [5.74, 6) is 0. The Morgan fingerprint density at radius 2 is 1.35 bits per heavy atom. The summed E-state index contributed by atoms with van der Waals surface area (Å²) >= 11 is 0. The van der Waals surface area contributed by atoms with Crippen LogP contribution in [0, 0.1) is 0 Å². The second kappa shape index (κ2) is 11.3. The topological polar surface area (TPSA) is 38.7 Å². The van der Waals surface area contributed by atoms with Crippen LogP contribution in [0.3, 0.4) is 0 Å². The van der Waals surface area contributed by atoms with Crippen molar-refractivity contribution in [3.63, 3.8) is 0 Å². The van der Waals surface area contributed by atoms with Gasteiger partial charge in [-0.05, 0) is 55.4 Å². The van der Waals surface area contributed by atoms with Crippen LogP contribution in [0.25, 0.3) is 0 Å². The van der Waals surface area contributed by atoms with Crippen LogP contribution in [0.1, 0.15) is 67.2 Å². The first-order chi connectivity index (χ1) is 14.6. The maximum absolute atomic E-state index is 12.0. The predicted molar refractivity (Wildman–Crippen MR) is 138 cm³/mol. The quantitative estimate of drug-likeness (QED) is 0.262. The van der Waals surface area contributed by atoms with E-state index in [1.165, 1.54) is 10.4 Å². The Bertz CT molecular complexity index is 800. The number of unbranched alkanes of at least 4 members (excludes halogenated alkanes) is 3. The molecule has 1 atom stereocenters. The van der Waals surface area contributed by atoms with Gasteiger partial charge in [-0.1, -0.05) is 87.9 Å². The highest BCUT2D eigenvalue weighted by atomic mass is 32.2. The third-order valence-electron chi connectivity index (χ3n) is 5.41. The average Bonchev–Trinajstić information content (AvgIpc) is 2.72. The molecule has 0 fully saturated rings. The van der Waals surface area contributed by atoms with E-state index in [-0.39, 0.29) is 9.79 Å². The molecule has 2 aromatic rings. The molecule has 0 N–H and O–H groups in total. The fraction of sp³-hybridized carbons (Fsp3) is 0.500. The van der Waals surface area contributed by atoms with Crippen LogP contribution in [-0.2, 0) is 15.4 Å². The first kappa shape index (κ1) is 25.7. The van der Waals surface area contributed by atoms with Crippen molar-refractivity contribution in [1.29, 1.82) is 0 Å². The van der Waals surface area contributed by atoms with E-state index < -0.39 is 19.3 Å². The first-order valence-electron chi connectivity index (χ1n) is 11.3. The Morgan fingerprint density at radius 3 is 1.81 bits per heavy atom. The summed E-state index contributed by atoms with van der Waals surface area (Å²) in [7, 11) is -3.59. The van der Waals surface area contributed by atoms with E-state index in [1.54, 1.807) is 0 Å². The molecule has 1 unspecified atom stereocenters. The Hall–Kier alpha value is -1.56. The van der Waals surface area contributed by atoms with Crippen LogP contribution >= 0.6 is 0 Å². The van der Waals surface area contributed by atoms with E-state index in [0.29, 0.717) is 0 Å². The Morgan fingerprint density at radius 1 is 0.839 bits per heavy atom. The van der Waals surface area contributed by atoms with Crippen molar-refractivity contribution < 1.29 is 8.63 Å². The summed E-state index contributed by atoms with van der Waals surface area (Å²) in [5, 5.41) is 2.66. The van der Waals surface area contributed by atoms with Gasteiger partial charge in [-0.2, -0.15) is 4.40 Å². The fourth-order valence-electron chi connectivity index (χ4n) is 3.78. The van der Waals surface area contributed by atoms with Crippen molar-refractivity contribution in [2.24, 2.45) is 4.40 Å². The van der Waals surface area contributed by atoms with Gasteiger partial charge >= 0.3 is 0 Å². The molecule has 2 rings (SSSR count). The summed E-state index contributed by atoms with van der Waals surface area (Å²) in [6, 6.07) is 21.6. The van der Waals surface area contributed by atoms with Crippen LogP contribution in [-0.4, -0.2) is 30.1 Å². The molecule has 0 aliphatic carbocycles. The lowest BCUT2D eigenvalue weighted by Gasteiger charge is -2.43. The molecule has 5 heteroatoms. The van der Waals surface area contributed by atoms with E-state index in [2.05, 4.69) is 85.8 Å². The van der Waals surface area contributed by atoms with Gasteiger partial charge in [0.1, 0.15) is 11.0 Å². The van der Waals surface area contributed by atoms with Crippen LogP contribution in [0.2, 0.25) is 5.04 Å². The van der Waals surface area contributed by atoms with Gasteiger partial charge in [-0.25, -0.2) is 4.21 Å². The molecule has 170 valence electrons. The molecule has 0 saturated heterocycles. The van der Waals surface area contributed by atoms with Crippen LogP contribution in [0.15, 0.2) is 65.1 Å². The third kappa shape index (κ3) is 6.96. The maximum Gasteiger partial charge on any atom is 0.261 e. The van der Waals surface area contributed by atoms with Crippen molar-refractivity contribution in [3.8, 4) is 0 Å². The Balaban J connectivity index is 2.04. The van der Waals surface area contributed by atoms with E-state index in [1.807, 2.05) is 27.0 Å². The highest BCUT2D eigenvalue weighted by Crippen LogP contribution is 2.36. The monoisotopic (exact) mass is 457 g/mol. The number of benzene rings is 2. The second-order valence-corrected chi connectivity index (χ2v) is 16.3. The minimum atomic E-state index is -2.43. The lowest BCUT2D eigenvalue weighted by Crippen LogP contribution is -2.66. The van der Waals surface area contributed by atoms with Gasteiger partial charge in [-0.3, -0.25) is 0 Å². The zero-order valence-electron chi connectivity index (χ0n) is 20.1. The minimum Gasteiger partial charge on any atom is -0.407 e. The molecule has 0 aliphatic rings. The average molecular weight is 458 g/mol. The second-order valence-electron chi connectivity index (χ2n) is 10.0. The van der Waals surface area contributed by atoms with E-state index in [4.69, 9.17) is 4.43 Å². The van der Waals surface area contributed by atoms with Crippen molar-refractivity contribution in [3.05, 3.63) is 60.7 Å². The molecule has 0 heterocycles. The summed E-state index contributed by atoms with van der Waals surface area (Å²) < 4.78 is 22.8. The number of hydrogen-bond acceptors (Lipinski definition) is 2. The molecule has 0 aromatic heterocycles. The highest BCUT2D eigenvalue weighted by Gasteiger charge is 2.49. The molecule has 31 heavy (non-hydrogen) atoms. The van der Waals surface area contributed by atoms with Gasteiger partial charge in [0.05, 0.1) is 4.75 Å². The molecule has 0 amide bonds. The van der Waals surface area contributed by atoms with Crippen LogP contribution in [0.5, 0.6) is 0 Å². The lowest BCUT2D eigenvalue weighted by atomic mass is 10.2. The fourth-order valence-corrected chi connectivity index (χ4v) is 8.94. The van der Waals surface area contributed by atoms with Crippen molar-refractivity contribution in [2.75, 3.05) is 6.61 Å². The van der Waals surface area contributed by atoms with Gasteiger partial charge < -0.3 is 4.43 Å². The third-order valence-corrected chi connectivity index (χ3v) is 11.8. The molecule has 0 aliphatic heterocycles. The Kier molecular flexibility index (Phi) is 9.40. The Labute approximate surface area is 193 Å². The SMILES string of the molecule is CC(C)(C)S(=O)N=CCCCCCO[Si](c1ccccc1)(c1ccccc1)C(C)(C)C. The van der Waals surface area contributed by atoms with E-state index in [0.717, 1.165) is 32.3 Å². The zero-order chi connectivity index (χ0) is 23.0. The first-order valence-corrected chi connectivity index (χ1v) is 14.3. The van der Waals surface area contributed by atoms with E-state index in [9.17, 15) is 4.21 Å². The normalized spacial score (nSPS) is 14.1. The van der Waals surface area contributed by atoms with Gasteiger partial charge in [0, 0.05) is 12.8 Å². The zero-order valence-corrected chi connectivity index (χ0v) is 21.9. The number of rotatable bonds is 10. The highest BCUT2D eigenvalue weighted by molar-refractivity contribution is 7.85. The summed E-state index contributed by atoms with van der Waals surface area (Å²) in [4.78, 5) is 0. The van der Waals surface area contributed by atoms with Crippen molar-refractivity contribution >= 4 is 35.9 Å². The summed E-state index contributed by atoms with van der Waals surface area (Å²) in [6.07, 6.45) is 5.81. The van der Waals surface area contributed by atoms with Gasteiger partial charge in [0.25, 0.3) is 8.32 Å². The van der Waals surface area contributed by atoms with Gasteiger partial charge in [0.2, 0.25) is 0 Å². The molecule has 0 bridgehead atoms. The minimum absolute atomic E-state index is 0.0133. The van der Waals surface area contributed by atoms with Crippen molar-refractivity contribution in [2.45, 2.75) is 77.0 Å². The molecule has 0 saturated carbocycles. The molecule has 0 spiro atoms. The summed E-state index contributed by atoms with van der Waals surface area (Å²) in [6.45, 7) is 13.5. The standard InChI is InChI=1S/C26H39NO2SSi/c1-25(2,3)30(28)27-21-15-7-8-16-22-29-31(26(4,5)6,23-17-11-9-12-18-23)24-19-13-10-14-20-24/h9-14,17-21H,7-8,15-16,22H2,1-6H3. The predicted octanol–water partition coefficient (Wildman–Crippen LogP) is 5.66. The molecule has 2 aromatic carbocycles. The van der Waals surface area contributed by atoms with E-state index >= 15 is 0 Å². The number of nitrogens with zero attached hydrogens (tertiary/aromatic N) is 1. The van der Waals surface area contributed by atoms with Crippen LogP contribution < -0.4 is 10.4 Å².